The van der Waals surface area contributed by atoms with Gasteiger partial charge in [0.2, 0.25) is 0 Å². The Morgan fingerprint density at radius 2 is 1.69 bits per heavy atom. The number of para-hydroxylation sites is 1. The number of hydrogen-bond donors (Lipinski definition) is 2. The average Bonchev–Trinajstić information content (AvgIpc) is 2.79. The first kappa shape index (κ1) is 23.3. The van der Waals surface area contributed by atoms with E-state index in [9.17, 15) is 9.59 Å². The van der Waals surface area contributed by atoms with Crippen LogP contribution in [-0.2, 0) is 22.6 Å². The third kappa shape index (κ3) is 6.33. The molecule has 0 aliphatic heterocycles. The van der Waals surface area contributed by atoms with E-state index in [0.717, 1.165) is 12.0 Å². The van der Waals surface area contributed by atoms with Gasteiger partial charge in [-0.3, -0.25) is 9.59 Å². The van der Waals surface area contributed by atoms with Gasteiger partial charge in [-0.1, -0.05) is 66.5 Å². The van der Waals surface area contributed by atoms with Crippen LogP contribution in [0.25, 0.3) is 0 Å². The minimum Gasteiger partial charge on any atom is -0.489 e. The molecule has 2 N–H and O–H groups in total. The summed E-state index contributed by atoms with van der Waals surface area (Å²) < 4.78 is 5.77. The lowest BCUT2D eigenvalue weighted by Gasteiger charge is -2.10. The second kappa shape index (κ2) is 11.3. The summed E-state index contributed by atoms with van der Waals surface area (Å²) in [7, 11) is 0. The first-order valence-corrected chi connectivity index (χ1v) is 10.6. The molecule has 0 bridgehead atoms. The zero-order valence-corrected chi connectivity index (χ0v) is 18.8. The summed E-state index contributed by atoms with van der Waals surface area (Å²) in [6.07, 6.45) is 2.15. The van der Waals surface area contributed by atoms with E-state index in [1.54, 1.807) is 54.6 Å². The van der Waals surface area contributed by atoms with Crippen molar-refractivity contribution in [2.75, 3.05) is 5.32 Å². The molecule has 0 atom stereocenters. The van der Waals surface area contributed by atoms with Gasteiger partial charge in [0.25, 0.3) is 0 Å². The minimum atomic E-state index is -0.868. The van der Waals surface area contributed by atoms with Crippen LogP contribution >= 0.6 is 23.2 Å². The van der Waals surface area contributed by atoms with Crippen molar-refractivity contribution in [2.24, 2.45) is 5.10 Å². The highest BCUT2D eigenvalue weighted by molar-refractivity contribution is 6.39. The zero-order chi connectivity index (χ0) is 22.9. The Bertz CT molecular complexity index is 1130. The number of halogens is 2. The summed E-state index contributed by atoms with van der Waals surface area (Å²) in [6, 6.07) is 19.6. The number of aryl methyl sites for hydroxylation is 1. The maximum atomic E-state index is 12.1. The molecule has 8 heteroatoms. The van der Waals surface area contributed by atoms with Crippen LogP contribution in [-0.4, -0.2) is 18.0 Å². The van der Waals surface area contributed by atoms with Gasteiger partial charge >= 0.3 is 11.8 Å². The van der Waals surface area contributed by atoms with E-state index < -0.39 is 11.8 Å². The maximum absolute atomic E-state index is 12.1. The predicted octanol–water partition coefficient (Wildman–Crippen LogP) is 5.22. The molecule has 0 aliphatic carbocycles. The number of carbonyl (C=O) groups excluding carboxylic acids is 2. The number of nitrogens with zero attached hydrogens (tertiary/aromatic N) is 1. The molecule has 3 aromatic carbocycles. The predicted molar refractivity (Wildman–Crippen MR) is 127 cm³/mol. The van der Waals surface area contributed by atoms with Crippen molar-refractivity contribution >= 4 is 46.9 Å². The Balaban J connectivity index is 1.56. The van der Waals surface area contributed by atoms with Crippen molar-refractivity contribution in [3.8, 4) is 5.75 Å². The van der Waals surface area contributed by atoms with Crippen LogP contribution in [0.5, 0.6) is 5.75 Å². The Morgan fingerprint density at radius 1 is 0.969 bits per heavy atom. The Kier molecular flexibility index (Phi) is 8.25. The van der Waals surface area contributed by atoms with Gasteiger partial charge in [0.1, 0.15) is 12.4 Å². The van der Waals surface area contributed by atoms with Crippen LogP contribution < -0.4 is 15.5 Å². The number of rotatable bonds is 7. The molecular weight excluding hydrogens is 449 g/mol. The number of hydrogen-bond acceptors (Lipinski definition) is 4. The van der Waals surface area contributed by atoms with Crippen molar-refractivity contribution < 1.29 is 14.3 Å². The lowest BCUT2D eigenvalue weighted by molar-refractivity contribution is -0.136. The third-order valence-corrected chi connectivity index (χ3v) is 5.24. The first-order valence-electron chi connectivity index (χ1n) is 9.86. The van der Waals surface area contributed by atoms with E-state index in [1.165, 1.54) is 6.21 Å². The molecule has 0 radical (unpaired) electrons. The third-order valence-electron chi connectivity index (χ3n) is 4.54. The van der Waals surface area contributed by atoms with Gasteiger partial charge in [-0.2, -0.15) is 5.10 Å². The van der Waals surface area contributed by atoms with Crippen molar-refractivity contribution in [3.63, 3.8) is 0 Å². The van der Waals surface area contributed by atoms with Crippen LogP contribution in [0.4, 0.5) is 5.69 Å². The van der Waals surface area contributed by atoms with Crippen molar-refractivity contribution in [3.05, 3.63) is 93.5 Å². The van der Waals surface area contributed by atoms with Crippen LogP contribution in [0.1, 0.15) is 23.6 Å². The molecule has 0 saturated heterocycles. The minimum absolute atomic E-state index is 0.204. The van der Waals surface area contributed by atoms with Crippen LogP contribution in [0.2, 0.25) is 10.0 Å². The first-order chi connectivity index (χ1) is 15.5. The number of amides is 2. The second-order valence-electron chi connectivity index (χ2n) is 6.73. The van der Waals surface area contributed by atoms with E-state index in [1.807, 2.05) is 19.1 Å². The second-order valence-corrected chi connectivity index (χ2v) is 7.54. The summed E-state index contributed by atoms with van der Waals surface area (Å²) in [5.41, 5.74) is 5.12. The van der Waals surface area contributed by atoms with Gasteiger partial charge in [0.15, 0.2) is 0 Å². The standard InChI is InChI=1S/C24H21Cl2N3O3/c1-2-17-8-3-4-12-22(17)28-23(30)24(31)29-27-14-16-7-5-9-18(13-16)32-15-19-20(25)10-6-11-21(19)26/h3-14H,2,15H2,1H3,(H,28,30)(H,29,31)/b27-14-. The lowest BCUT2D eigenvalue weighted by atomic mass is 10.1. The van der Waals surface area contributed by atoms with E-state index in [4.69, 9.17) is 27.9 Å². The number of benzene rings is 3. The summed E-state index contributed by atoms with van der Waals surface area (Å²) in [4.78, 5) is 24.2. The number of carbonyl (C=O) groups is 2. The highest BCUT2D eigenvalue weighted by Crippen LogP contribution is 2.26. The fourth-order valence-corrected chi connectivity index (χ4v) is 3.36. The van der Waals surface area contributed by atoms with Crippen LogP contribution in [0.3, 0.4) is 0 Å². The molecule has 32 heavy (non-hydrogen) atoms. The average molecular weight is 470 g/mol. The number of ether oxygens (including phenoxy) is 1. The molecular formula is C24H21Cl2N3O3. The van der Waals surface area contributed by atoms with Crippen LogP contribution in [0.15, 0.2) is 71.8 Å². The summed E-state index contributed by atoms with van der Waals surface area (Å²) in [6.45, 7) is 2.17. The molecule has 6 nitrogen and oxygen atoms in total. The molecule has 2 amide bonds. The van der Waals surface area contributed by atoms with Crippen molar-refractivity contribution in [2.45, 2.75) is 20.0 Å². The Morgan fingerprint density at radius 3 is 2.44 bits per heavy atom. The van der Waals surface area contributed by atoms with Gasteiger partial charge in [0.05, 0.1) is 6.21 Å². The largest absolute Gasteiger partial charge is 0.489 e. The van der Waals surface area contributed by atoms with E-state index in [2.05, 4.69) is 15.8 Å². The fourth-order valence-electron chi connectivity index (χ4n) is 2.86. The van der Waals surface area contributed by atoms with E-state index in [0.29, 0.717) is 32.6 Å². The van der Waals surface area contributed by atoms with Gasteiger partial charge in [-0.15, -0.1) is 0 Å². The summed E-state index contributed by atoms with van der Waals surface area (Å²) in [5, 5.41) is 7.50. The summed E-state index contributed by atoms with van der Waals surface area (Å²) in [5.74, 6) is -1.09. The van der Waals surface area contributed by atoms with Crippen molar-refractivity contribution in [1.29, 1.82) is 0 Å². The molecule has 3 rings (SSSR count). The highest BCUT2D eigenvalue weighted by Gasteiger charge is 2.14. The Labute approximate surface area is 196 Å². The van der Waals surface area contributed by atoms with Gasteiger partial charge in [0, 0.05) is 21.3 Å². The number of hydrazone groups is 1. The van der Waals surface area contributed by atoms with Gasteiger partial charge < -0.3 is 10.1 Å². The molecule has 0 fully saturated rings. The molecule has 0 unspecified atom stereocenters. The topological polar surface area (TPSA) is 79.8 Å². The smallest absolute Gasteiger partial charge is 0.329 e. The SMILES string of the molecule is CCc1ccccc1NC(=O)C(=O)N/N=C\c1cccc(OCc2c(Cl)cccc2Cl)c1. The fraction of sp³-hybridized carbons (Fsp3) is 0.125. The zero-order valence-electron chi connectivity index (χ0n) is 17.3. The highest BCUT2D eigenvalue weighted by atomic mass is 35.5. The Hall–Kier alpha value is -3.35. The monoisotopic (exact) mass is 469 g/mol. The van der Waals surface area contributed by atoms with Gasteiger partial charge in [-0.05, 0) is 47.9 Å². The molecule has 164 valence electrons. The van der Waals surface area contributed by atoms with Gasteiger partial charge in [-0.25, -0.2) is 5.43 Å². The van der Waals surface area contributed by atoms with Crippen molar-refractivity contribution in [1.82, 2.24) is 5.43 Å². The quantitative estimate of drug-likeness (QED) is 0.282. The number of anilines is 1. The molecule has 3 aromatic rings. The van der Waals surface area contributed by atoms with E-state index in [-0.39, 0.29) is 6.61 Å². The lowest BCUT2D eigenvalue weighted by Crippen LogP contribution is -2.32. The molecule has 0 heterocycles. The van der Waals surface area contributed by atoms with Crippen LogP contribution in [0, 0.1) is 0 Å². The normalized spacial score (nSPS) is 10.7. The molecule has 0 saturated carbocycles. The molecule has 0 aliphatic rings. The molecule has 0 spiro atoms. The molecule has 0 aromatic heterocycles. The number of nitrogens with one attached hydrogen (secondary N) is 2. The summed E-state index contributed by atoms with van der Waals surface area (Å²) >= 11 is 12.3. The van der Waals surface area contributed by atoms with E-state index >= 15 is 0 Å². The maximum Gasteiger partial charge on any atom is 0.329 e.